The highest BCUT2D eigenvalue weighted by Crippen LogP contribution is 2.37. The molecule has 0 aliphatic carbocycles. The van der Waals surface area contributed by atoms with Crippen LogP contribution in [-0.4, -0.2) is 17.3 Å². The molecule has 1 aliphatic rings. The van der Waals surface area contributed by atoms with Crippen molar-refractivity contribution in [3.63, 3.8) is 0 Å². The van der Waals surface area contributed by atoms with E-state index in [4.69, 9.17) is 4.42 Å². The van der Waals surface area contributed by atoms with Crippen molar-refractivity contribution < 1.29 is 4.42 Å². The van der Waals surface area contributed by atoms with Crippen molar-refractivity contribution in [1.29, 1.82) is 0 Å². The Bertz CT molecular complexity index is 551. The Kier molecular flexibility index (Phi) is 4.48. The molecule has 2 aromatic heterocycles. The highest BCUT2D eigenvalue weighted by molar-refractivity contribution is 7.98. The number of thioether (sulfide) groups is 1. The van der Waals surface area contributed by atoms with Crippen LogP contribution in [0.15, 0.2) is 16.7 Å². The number of fused-ring (bicyclic) bond motifs is 1. The normalized spacial score (nSPS) is 14.8. The molecule has 2 aromatic rings. The van der Waals surface area contributed by atoms with Gasteiger partial charge < -0.3 is 9.73 Å². The third-order valence-electron chi connectivity index (χ3n) is 3.25. The van der Waals surface area contributed by atoms with Crippen LogP contribution in [0.5, 0.6) is 0 Å². The van der Waals surface area contributed by atoms with Crippen molar-refractivity contribution in [2.45, 2.75) is 32.6 Å². The summed E-state index contributed by atoms with van der Waals surface area (Å²) in [5.74, 6) is 4.72. The number of thiophene rings is 1. The Balaban J connectivity index is 1.68. The third kappa shape index (κ3) is 3.27. The number of nitrogens with one attached hydrogen (secondary N) is 1. The van der Waals surface area contributed by atoms with Crippen LogP contribution in [0.2, 0.25) is 0 Å². The first kappa shape index (κ1) is 14.2. The van der Waals surface area contributed by atoms with Crippen molar-refractivity contribution in [1.82, 2.24) is 10.3 Å². The first-order valence-corrected chi connectivity index (χ1v) is 9.04. The fraction of sp³-hybridized carbons (Fsp3) is 0.533. The minimum Gasteiger partial charge on any atom is -0.438 e. The summed E-state index contributed by atoms with van der Waals surface area (Å²) in [7, 11) is 0. The number of aromatic nitrogens is 1. The van der Waals surface area contributed by atoms with E-state index in [1.807, 2.05) is 29.3 Å². The van der Waals surface area contributed by atoms with E-state index in [1.54, 1.807) is 0 Å². The van der Waals surface area contributed by atoms with Crippen LogP contribution in [0.3, 0.4) is 0 Å². The SMILES string of the molecule is CC(C)CNCc1ncc(-c2cc3c(s2)CCSC3)o1. The predicted octanol–water partition coefficient (Wildman–Crippen LogP) is 3.94. The average Bonchev–Trinajstić information content (AvgIpc) is 3.03. The smallest absolute Gasteiger partial charge is 0.208 e. The topological polar surface area (TPSA) is 38.1 Å². The molecule has 108 valence electrons. The van der Waals surface area contributed by atoms with Crippen molar-refractivity contribution in [2.24, 2.45) is 5.92 Å². The van der Waals surface area contributed by atoms with E-state index in [2.05, 4.69) is 30.2 Å². The lowest BCUT2D eigenvalue weighted by Crippen LogP contribution is -2.18. The van der Waals surface area contributed by atoms with Gasteiger partial charge in [0.15, 0.2) is 5.76 Å². The van der Waals surface area contributed by atoms with Gasteiger partial charge in [-0.05, 0) is 36.3 Å². The summed E-state index contributed by atoms with van der Waals surface area (Å²) >= 11 is 3.88. The molecule has 0 radical (unpaired) electrons. The van der Waals surface area contributed by atoms with E-state index in [1.165, 1.54) is 27.5 Å². The number of oxazole rings is 1. The number of nitrogens with zero attached hydrogens (tertiary/aromatic N) is 1. The van der Waals surface area contributed by atoms with Crippen molar-refractivity contribution in [2.75, 3.05) is 12.3 Å². The van der Waals surface area contributed by atoms with Crippen LogP contribution >= 0.6 is 23.1 Å². The van der Waals surface area contributed by atoms with E-state index < -0.39 is 0 Å². The maximum atomic E-state index is 5.86. The Morgan fingerprint density at radius 3 is 3.15 bits per heavy atom. The zero-order chi connectivity index (χ0) is 13.9. The molecule has 0 saturated carbocycles. The molecule has 0 amide bonds. The summed E-state index contributed by atoms with van der Waals surface area (Å²) in [5, 5.41) is 3.36. The molecule has 3 rings (SSSR count). The maximum Gasteiger partial charge on any atom is 0.208 e. The molecule has 1 aliphatic heterocycles. The van der Waals surface area contributed by atoms with Crippen molar-refractivity contribution >= 4 is 23.1 Å². The van der Waals surface area contributed by atoms with Crippen LogP contribution in [-0.2, 0) is 18.7 Å². The molecule has 20 heavy (non-hydrogen) atoms. The largest absolute Gasteiger partial charge is 0.438 e. The summed E-state index contributed by atoms with van der Waals surface area (Å²) in [6.07, 6.45) is 3.05. The zero-order valence-electron chi connectivity index (χ0n) is 11.9. The molecule has 0 spiro atoms. The Labute approximate surface area is 128 Å². The monoisotopic (exact) mass is 308 g/mol. The van der Waals surface area contributed by atoms with Gasteiger partial charge in [-0.2, -0.15) is 11.8 Å². The summed E-state index contributed by atoms with van der Waals surface area (Å²) in [5.41, 5.74) is 1.48. The van der Waals surface area contributed by atoms with Gasteiger partial charge in [-0.15, -0.1) is 11.3 Å². The molecule has 0 bridgehead atoms. The number of hydrogen-bond acceptors (Lipinski definition) is 5. The molecule has 0 atom stereocenters. The molecule has 1 N–H and O–H groups in total. The predicted molar refractivity (Wildman–Crippen MR) is 86.2 cm³/mol. The molecular formula is C15H20N2OS2. The zero-order valence-corrected chi connectivity index (χ0v) is 13.6. The minimum absolute atomic E-state index is 0.644. The van der Waals surface area contributed by atoms with Gasteiger partial charge in [-0.1, -0.05) is 13.8 Å². The van der Waals surface area contributed by atoms with Crippen LogP contribution in [0.25, 0.3) is 10.6 Å². The lowest BCUT2D eigenvalue weighted by molar-refractivity contribution is 0.459. The van der Waals surface area contributed by atoms with E-state index in [-0.39, 0.29) is 0 Å². The summed E-state index contributed by atoms with van der Waals surface area (Å²) in [6.45, 7) is 6.09. The van der Waals surface area contributed by atoms with E-state index in [9.17, 15) is 0 Å². The molecule has 0 fully saturated rings. The fourth-order valence-corrected chi connectivity index (χ4v) is 4.56. The maximum absolute atomic E-state index is 5.86. The highest BCUT2D eigenvalue weighted by atomic mass is 32.2. The highest BCUT2D eigenvalue weighted by Gasteiger charge is 2.16. The van der Waals surface area contributed by atoms with E-state index in [0.29, 0.717) is 12.5 Å². The molecular weight excluding hydrogens is 288 g/mol. The summed E-state index contributed by atoms with van der Waals surface area (Å²) in [4.78, 5) is 7.11. The molecule has 0 aromatic carbocycles. The number of rotatable bonds is 5. The van der Waals surface area contributed by atoms with Gasteiger partial charge in [0.25, 0.3) is 0 Å². The Morgan fingerprint density at radius 1 is 1.45 bits per heavy atom. The second kappa shape index (κ2) is 6.33. The van der Waals surface area contributed by atoms with Gasteiger partial charge in [0, 0.05) is 10.6 Å². The van der Waals surface area contributed by atoms with Gasteiger partial charge in [0.1, 0.15) is 0 Å². The van der Waals surface area contributed by atoms with Crippen molar-refractivity contribution in [3.05, 3.63) is 28.6 Å². The molecule has 3 nitrogen and oxygen atoms in total. The molecule has 5 heteroatoms. The van der Waals surface area contributed by atoms with E-state index in [0.717, 1.165) is 23.9 Å². The summed E-state index contributed by atoms with van der Waals surface area (Å²) in [6, 6.07) is 2.28. The Hall–Kier alpha value is -0.780. The lowest BCUT2D eigenvalue weighted by Gasteiger charge is -2.08. The van der Waals surface area contributed by atoms with Crippen LogP contribution in [0, 0.1) is 5.92 Å². The van der Waals surface area contributed by atoms with Crippen molar-refractivity contribution in [3.8, 4) is 10.6 Å². The number of aryl methyl sites for hydroxylation is 1. The molecule has 0 saturated heterocycles. The molecule has 3 heterocycles. The second-order valence-corrected chi connectivity index (χ2v) is 7.75. The van der Waals surface area contributed by atoms with Crippen LogP contribution in [0.4, 0.5) is 0 Å². The standard InChI is InChI=1S/C15H20N2OS2/c1-10(2)6-16-8-15-17-7-12(18-15)14-5-11-9-19-4-3-13(11)20-14/h5,7,10,16H,3-4,6,8-9H2,1-2H3. The van der Waals surface area contributed by atoms with E-state index >= 15 is 0 Å². The van der Waals surface area contributed by atoms with Gasteiger partial charge in [-0.25, -0.2) is 4.98 Å². The van der Waals surface area contributed by atoms with Gasteiger partial charge in [-0.3, -0.25) is 0 Å². The fourth-order valence-electron chi connectivity index (χ4n) is 2.24. The van der Waals surface area contributed by atoms with Crippen LogP contribution in [0.1, 0.15) is 30.2 Å². The quantitative estimate of drug-likeness (QED) is 0.908. The molecule has 0 unspecified atom stereocenters. The van der Waals surface area contributed by atoms with Gasteiger partial charge >= 0.3 is 0 Å². The third-order valence-corrected chi connectivity index (χ3v) is 5.51. The van der Waals surface area contributed by atoms with Gasteiger partial charge in [0.05, 0.1) is 17.6 Å². The lowest BCUT2D eigenvalue weighted by atomic mass is 10.2. The minimum atomic E-state index is 0.644. The second-order valence-electron chi connectivity index (χ2n) is 5.50. The van der Waals surface area contributed by atoms with Crippen LogP contribution < -0.4 is 5.32 Å². The summed E-state index contributed by atoms with van der Waals surface area (Å²) < 4.78 is 5.86. The number of hydrogen-bond donors (Lipinski definition) is 1. The average molecular weight is 308 g/mol. The Morgan fingerprint density at radius 2 is 2.35 bits per heavy atom. The first-order valence-electron chi connectivity index (χ1n) is 7.07. The van der Waals surface area contributed by atoms with Gasteiger partial charge in [0.2, 0.25) is 5.89 Å². The first-order chi connectivity index (χ1) is 9.72.